The van der Waals surface area contributed by atoms with E-state index in [1.807, 2.05) is 43.3 Å². The molecule has 0 unspecified atom stereocenters. The molecule has 2 aromatic rings. The van der Waals surface area contributed by atoms with Crippen LogP contribution in [0.5, 0.6) is 0 Å². The number of aryl methyl sites for hydroxylation is 1. The van der Waals surface area contributed by atoms with Crippen LogP contribution in [-0.4, -0.2) is 5.91 Å². The maximum atomic E-state index is 12.1. The zero-order valence-corrected chi connectivity index (χ0v) is 12.3. The summed E-state index contributed by atoms with van der Waals surface area (Å²) in [5.41, 5.74) is 3.98. The molecule has 0 fully saturated rings. The Kier molecular flexibility index (Phi) is 4.57. The fourth-order valence-electron chi connectivity index (χ4n) is 2.04. The topological polar surface area (TPSA) is 29.1 Å². The standard InChI is InChI=1S/C18H21NO/c1-4-14(3)15-9-11-17(12-10-15)19-18(20)16-7-5-13(2)6-8-16/h5-12,14H,4H2,1-3H3,(H,19,20)/t14-/m1/s1. The number of carbonyl (C=O) groups is 1. The van der Waals surface area contributed by atoms with Gasteiger partial charge in [-0.1, -0.05) is 43.7 Å². The quantitative estimate of drug-likeness (QED) is 0.850. The van der Waals surface area contributed by atoms with Crippen molar-refractivity contribution >= 4 is 11.6 Å². The molecule has 20 heavy (non-hydrogen) atoms. The minimum atomic E-state index is -0.0683. The molecule has 0 aliphatic carbocycles. The second-order valence-electron chi connectivity index (χ2n) is 5.25. The zero-order chi connectivity index (χ0) is 14.5. The Balaban J connectivity index is 2.06. The Morgan fingerprint density at radius 2 is 1.65 bits per heavy atom. The largest absolute Gasteiger partial charge is 0.322 e. The molecule has 0 saturated carbocycles. The van der Waals surface area contributed by atoms with Gasteiger partial charge in [-0.05, 0) is 49.1 Å². The molecule has 0 radical (unpaired) electrons. The highest BCUT2D eigenvalue weighted by Crippen LogP contribution is 2.20. The van der Waals surface area contributed by atoms with Gasteiger partial charge < -0.3 is 5.32 Å². The number of benzene rings is 2. The number of amides is 1. The van der Waals surface area contributed by atoms with E-state index in [1.165, 1.54) is 5.56 Å². The molecular formula is C18H21NO. The molecular weight excluding hydrogens is 246 g/mol. The first-order valence-corrected chi connectivity index (χ1v) is 7.08. The van der Waals surface area contributed by atoms with Gasteiger partial charge in [-0.15, -0.1) is 0 Å². The lowest BCUT2D eigenvalue weighted by Gasteiger charge is -2.10. The minimum absolute atomic E-state index is 0.0683. The van der Waals surface area contributed by atoms with Crippen LogP contribution in [0.15, 0.2) is 48.5 Å². The normalized spacial score (nSPS) is 11.9. The molecule has 2 heteroatoms. The lowest BCUT2D eigenvalue weighted by molar-refractivity contribution is 0.102. The summed E-state index contributed by atoms with van der Waals surface area (Å²) in [5.74, 6) is 0.484. The maximum Gasteiger partial charge on any atom is 0.255 e. The highest BCUT2D eigenvalue weighted by Gasteiger charge is 2.06. The van der Waals surface area contributed by atoms with Crippen molar-refractivity contribution in [2.75, 3.05) is 5.32 Å². The van der Waals surface area contributed by atoms with Crippen LogP contribution in [0.4, 0.5) is 5.69 Å². The summed E-state index contributed by atoms with van der Waals surface area (Å²) >= 11 is 0. The summed E-state index contributed by atoms with van der Waals surface area (Å²) in [5, 5.41) is 2.92. The minimum Gasteiger partial charge on any atom is -0.322 e. The highest BCUT2D eigenvalue weighted by molar-refractivity contribution is 6.04. The first-order chi connectivity index (χ1) is 9.60. The molecule has 104 valence electrons. The fraction of sp³-hybridized carbons (Fsp3) is 0.278. The molecule has 1 atom stereocenters. The van der Waals surface area contributed by atoms with Gasteiger partial charge in [-0.3, -0.25) is 4.79 Å². The summed E-state index contributed by atoms with van der Waals surface area (Å²) < 4.78 is 0. The van der Waals surface area contributed by atoms with Gasteiger partial charge in [0.05, 0.1) is 0 Å². The Bertz CT molecular complexity index is 569. The lowest BCUT2D eigenvalue weighted by atomic mass is 9.98. The molecule has 0 bridgehead atoms. The molecule has 0 heterocycles. The summed E-state index contributed by atoms with van der Waals surface area (Å²) in [4.78, 5) is 12.1. The second kappa shape index (κ2) is 6.38. The van der Waals surface area contributed by atoms with Crippen LogP contribution in [0.1, 0.15) is 47.7 Å². The van der Waals surface area contributed by atoms with E-state index >= 15 is 0 Å². The van der Waals surface area contributed by atoms with Crippen molar-refractivity contribution in [2.24, 2.45) is 0 Å². The Morgan fingerprint density at radius 1 is 1.05 bits per heavy atom. The van der Waals surface area contributed by atoms with Gasteiger partial charge in [0.25, 0.3) is 5.91 Å². The van der Waals surface area contributed by atoms with Crippen molar-refractivity contribution in [3.63, 3.8) is 0 Å². The van der Waals surface area contributed by atoms with Crippen molar-refractivity contribution in [1.29, 1.82) is 0 Å². The van der Waals surface area contributed by atoms with E-state index < -0.39 is 0 Å². The van der Waals surface area contributed by atoms with Gasteiger partial charge in [0.2, 0.25) is 0 Å². The number of rotatable bonds is 4. The lowest BCUT2D eigenvalue weighted by Crippen LogP contribution is -2.11. The molecule has 0 aromatic heterocycles. The molecule has 2 nitrogen and oxygen atoms in total. The van der Waals surface area contributed by atoms with E-state index in [4.69, 9.17) is 0 Å². The summed E-state index contributed by atoms with van der Waals surface area (Å²) in [6, 6.07) is 15.7. The molecule has 2 aromatic carbocycles. The van der Waals surface area contributed by atoms with Crippen molar-refractivity contribution in [2.45, 2.75) is 33.1 Å². The third kappa shape index (κ3) is 3.47. The monoisotopic (exact) mass is 267 g/mol. The van der Waals surface area contributed by atoms with Crippen molar-refractivity contribution in [3.05, 3.63) is 65.2 Å². The van der Waals surface area contributed by atoms with Gasteiger partial charge in [0.15, 0.2) is 0 Å². The number of nitrogens with one attached hydrogen (secondary N) is 1. The number of anilines is 1. The molecule has 2 rings (SSSR count). The van der Waals surface area contributed by atoms with Crippen LogP contribution in [0, 0.1) is 6.92 Å². The first kappa shape index (κ1) is 14.3. The predicted octanol–water partition coefficient (Wildman–Crippen LogP) is 4.76. The van der Waals surface area contributed by atoms with Gasteiger partial charge in [0, 0.05) is 11.3 Å². The van der Waals surface area contributed by atoms with Crippen molar-refractivity contribution in [1.82, 2.24) is 0 Å². The third-order valence-corrected chi connectivity index (χ3v) is 3.66. The molecule has 1 amide bonds. The SMILES string of the molecule is CC[C@@H](C)c1ccc(NC(=O)c2ccc(C)cc2)cc1. The van der Waals surface area contributed by atoms with E-state index in [0.29, 0.717) is 11.5 Å². The van der Waals surface area contributed by atoms with Crippen LogP contribution < -0.4 is 5.32 Å². The van der Waals surface area contributed by atoms with Crippen LogP contribution >= 0.6 is 0 Å². The summed E-state index contributed by atoms with van der Waals surface area (Å²) in [6.07, 6.45) is 1.12. The van der Waals surface area contributed by atoms with E-state index in [-0.39, 0.29) is 5.91 Å². The van der Waals surface area contributed by atoms with Gasteiger partial charge in [-0.25, -0.2) is 0 Å². The maximum absolute atomic E-state index is 12.1. The Morgan fingerprint density at radius 3 is 2.20 bits per heavy atom. The van der Waals surface area contributed by atoms with Crippen molar-refractivity contribution < 1.29 is 4.79 Å². The zero-order valence-electron chi connectivity index (χ0n) is 12.3. The summed E-state index contributed by atoms with van der Waals surface area (Å²) in [7, 11) is 0. The first-order valence-electron chi connectivity index (χ1n) is 7.08. The highest BCUT2D eigenvalue weighted by atomic mass is 16.1. The number of hydrogen-bond acceptors (Lipinski definition) is 1. The molecule has 0 saturated heterocycles. The fourth-order valence-corrected chi connectivity index (χ4v) is 2.04. The average Bonchev–Trinajstić information content (AvgIpc) is 2.48. The number of hydrogen-bond donors (Lipinski definition) is 1. The van der Waals surface area contributed by atoms with Crippen LogP contribution in [0.2, 0.25) is 0 Å². The van der Waals surface area contributed by atoms with Crippen LogP contribution in [0.3, 0.4) is 0 Å². The summed E-state index contributed by atoms with van der Waals surface area (Å²) in [6.45, 7) is 6.40. The number of carbonyl (C=O) groups excluding carboxylic acids is 1. The van der Waals surface area contributed by atoms with Gasteiger partial charge >= 0.3 is 0 Å². The van der Waals surface area contributed by atoms with E-state index in [2.05, 4.69) is 31.3 Å². The molecule has 0 aliphatic heterocycles. The van der Waals surface area contributed by atoms with Crippen molar-refractivity contribution in [3.8, 4) is 0 Å². The van der Waals surface area contributed by atoms with E-state index in [1.54, 1.807) is 0 Å². The molecule has 0 aliphatic rings. The van der Waals surface area contributed by atoms with Gasteiger partial charge in [0.1, 0.15) is 0 Å². The smallest absolute Gasteiger partial charge is 0.255 e. The van der Waals surface area contributed by atoms with E-state index in [9.17, 15) is 4.79 Å². The van der Waals surface area contributed by atoms with Crippen LogP contribution in [0.25, 0.3) is 0 Å². The van der Waals surface area contributed by atoms with Gasteiger partial charge in [-0.2, -0.15) is 0 Å². The Labute approximate surface area is 120 Å². The molecule has 0 spiro atoms. The predicted molar refractivity (Wildman–Crippen MR) is 84.3 cm³/mol. The third-order valence-electron chi connectivity index (χ3n) is 3.66. The van der Waals surface area contributed by atoms with E-state index in [0.717, 1.165) is 17.7 Å². The second-order valence-corrected chi connectivity index (χ2v) is 5.25. The average molecular weight is 267 g/mol. The Hall–Kier alpha value is -2.09. The molecule has 1 N–H and O–H groups in total. The van der Waals surface area contributed by atoms with Crippen LogP contribution in [-0.2, 0) is 0 Å².